The summed E-state index contributed by atoms with van der Waals surface area (Å²) in [6.07, 6.45) is 16.5. The van der Waals surface area contributed by atoms with E-state index in [1.807, 2.05) is 6.07 Å². The molecule has 0 fully saturated rings. The summed E-state index contributed by atoms with van der Waals surface area (Å²) in [4.78, 5) is 90.1. The number of carboxylic acid groups (broad SMARTS) is 1. The summed E-state index contributed by atoms with van der Waals surface area (Å²) in [5, 5.41) is 59.7. The minimum atomic E-state index is -5.03. The number of carboxylic acids is 1. The quantitative estimate of drug-likeness (QED) is 0.00645. The SMILES string of the molecule is C#CC(=O)OCC.CC(c1ccc(C(F)(F)F)cc1C(F)(F)F)n1cc(N)cn1.CC(c1ccc(C(F)(F)F)cc1C(F)(F)F)n1cc(NC(=O)c2cc(-c3cnccn3)no2)cn1.CCOC(=O)c1cc(-c2cnccn2)no1.N#Cc1cnccn1.N/C(=N\O)c1cnccn1.O.O/N=C(\Cl)c1cnccn1.O=C(O)c1cc(-c2cnccn2)no1.[Li+].[OH-]. The van der Waals surface area contributed by atoms with Crippen LogP contribution in [-0.4, -0.2) is 169 Å². The second-order valence-electron chi connectivity index (χ2n) is 22.5. The molecule has 53 heteroatoms. The van der Waals surface area contributed by atoms with Crippen molar-refractivity contribution in [3.8, 4) is 52.6 Å². The number of halogens is 13. The van der Waals surface area contributed by atoms with Gasteiger partial charge in [0.25, 0.3) is 5.91 Å². The molecule has 13 rings (SSSR count). The fourth-order valence-electron chi connectivity index (χ4n) is 8.80. The number of anilines is 2. The van der Waals surface area contributed by atoms with E-state index in [9.17, 15) is 71.9 Å². The van der Waals surface area contributed by atoms with Gasteiger partial charge in [0.15, 0.2) is 16.7 Å². The zero-order valence-corrected chi connectivity index (χ0v) is 65.2. The summed E-state index contributed by atoms with van der Waals surface area (Å²) >= 11 is 5.39. The van der Waals surface area contributed by atoms with E-state index in [1.165, 1.54) is 162 Å². The molecule has 0 aliphatic heterocycles. The number of amides is 1. The third-order valence-electron chi connectivity index (χ3n) is 14.3. The van der Waals surface area contributed by atoms with Gasteiger partial charge in [0.1, 0.15) is 51.6 Å². The maximum atomic E-state index is 13.5. The molecule has 2 unspecified atom stereocenters. The number of carbonyl (C=O) groups excluding carboxylic acids is 3. The van der Waals surface area contributed by atoms with E-state index >= 15 is 0 Å². The zero-order valence-electron chi connectivity index (χ0n) is 64.4. The van der Waals surface area contributed by atoms with Crippen LogP contribution < -0.4 is 35.6 Å². The molecule has 11 heterocycles. The van der Waals surface area contributed by atoms with Crippen molar-refractivity contribution < 1.29 is 140 Å². The van der Waals surface area contributed by atoms with Crippen LogP contribution in [0.3, 0.4) is 0 Å². The van der Waals surface area contributed by atoms with Crippen LogP contribution in [0.4, 0.5) is 64.1 Å². The number of benzene rings is 2. The van der Waals surface area contributed by atoms with E-state index in [1.54, 1.807) is 26.0 Å². The number of nitriles is 1. The van der Waals surface area contributed by atoms with Crippen LogP contribution in [0.15, 0.2) is 215 Å². The molecule has 0 aliphatic carbocycles. The summed E-state index contributed by atoms with van der Waals surface area (Å²) in [5.41, 5.74) is 8.25. The first-order valence-corrected chi connectivity index (χ1v) is 33.8. The number of terminal acetylenes is 1. The molecule has 1 amide bonds. The average molecular weight is 1770 g/mol. The Morgan fingerprint density at radius 1 is 0.552 bits per heavy atom. The number of oxime groups is 2. The first kappa shape index (κ1) is 104. The van der Waals surface area contributed by atoms with Crippen molar-refractivity contribution in [2.45, 2.75) is 64.5 Å². The summed E-state index contributed by atoms with van der Waals surface area (Å²) in [6.45, 7) is 6.79. The molecule has 11 aromatic heterocycles. The van der Waals surface area contributed by atoms with Gasteiger partial charge in [0.05, 0.1) is 109 Å². The molecule has 0 saturated carbocycles. The van der Waals surface area contributed by atoms with Gasteiger partial charge in [-0.05, 0) is 63.1 Å². The van der Waals surface area contributed by atoms with Gasteiger partial charge in [-0.1, -0.05) is 49.5 Å². The number of rotatable bonds is 15. The number of nitrogens with two attached hydrogens (primary N) is 2. The maximum Gasteiger partial charge on any atom is 1.00 e. The van der Waals surface area contributed by atoms with Crippen LogP contribution in [-0.2, 0) is 39.0 Å². The number of nitrogens with one attached hydrogen (secondary N) is 1. The number of nitrogens with zero attached hydrogens (tertiary/aromatic N) is 22. The Bertz CT molecular complexity index is 5610. The first-order chi connectivity index (χ1) is 57.9. The zero-order chi connectivity index (χ0) is 89.7. The molecule has 0 saturated heterocycles. The molecule has 2 aromatic carbocycles. The summed E-state index contributed by atoms with van der Waals surface area (Å²) < 4.78 is 182. The van der Waals surface area contributed by atoms with Gasteiger partial charge >= 0.3 is 61.5 Å². The van der Waals surface area contributed by atoms with Gasteiger partial charge in [-0.15, -0.1) is 6.42 Å². The van der Waals surface area contributed by atoms with E-state index in [0.29, 0.717) is 70.9 Å². The number of aromatic nitrogens is 19. The molecule has 650 valence electrons. The van der Waals surface area contributed by atoms with Crippen molar-refractivity contribution >= 4 is 57.8 Å². The molecule has 0 bridgehead atoms. The third-order valence-corrected chi connectivity index (χ3v) is 14.6. The largest absolute Gasteiger partial charge is 1.00 e. The van der Waals surface area contributed by atoms with Crippen LogP contribution >= 0.6 is 11.6 Å². The number of carbonyl (C=O) groups is 4. The number of ether oxygens (including phenoxy) is 2. The molecular weight excluding hydrogens is 1710 g/mol. The number of nitrogen functional groups attached to an aromatic ring is 1. The summed E-state index contributed by atoms with van der Waals surface area (Å²) in [7, 11) is 0. The Balaban J connectivity index is 0.000000390. The number of alkyl halides is 12. The van der Waals surface area contributed by atoms with Crippen LogP contribution in [0.2, 0.25) is 0 Å². The van der Waals surface area contributed by atoms with Crippen molar-refractivity contribution in [3.63, 3.8) is 0 Å². The third kappa shape index (κ3) is 32.8. The Labute approximate surface area is 711 Å². The molecular formula is C72H61ClF12LiN25O14. The average Bonchev–Trinajstić information content (AvgIpc) is 1.79. The molecule has 2 atom stereocenters. The summed E-state index contributed by atoms with van der Waals surface area (Å²) in [6, 6.07) is 6.87. The second-order valence-corrected chi connectivity index (χ2v) is 22.9. The number of hydrogen-bond donors (Lipinski definition) is 6. The molecule has 125 heavy (non-hydrogen) atoms. The van der Waals surface area contributed by atoms with Gasteiger partial charge in [0.2, 0.25) is 17.3 Å². The molecule has 0 spiro atoms. The summed E-state index contributed by atoms with van der Waals surface area (Å²) in [5.74, 6) is -1.57. The van der Waals surface area contributed by atoms with Crippen molar-refractivity contribution in [3.05, 3.63) is 259 Å². The Kier molecular flexibility index (Phi) is 41.3. The number of esters is 2. The number of hydrogen-bond acceptors (Lipinski definition) is 33. The van der Waals surface area contributed by atoms with Gasteiger partial charge in [0, 0.05) is 111 Å². The molecule has 0 aliphatic rings. The van der Waals surface area contributed by atoms with Crippen molar-refractivity contribution in [2.75, 3.05) is 24.3 Å². The van der Waals surface area contributed by atoms with Crippen LogP contribution in [0.25, 0.3) is 34.2 Å². The van der Waals surface area contributed by atoms with Crippen LogP contribution in [0.1, 0.15) is 122 Å². The predicted molar refractivity (Wildman–Crippen MR) is 401 cm³/mol. The monoisotopic (exact) mass is 1770 g/mol. The second kappa shape index (κ2) is 49.8. The Morgan fingerprint density at radius 2 is 0.960 bits per heavy atom. The van der Waals surface area contributed by atoms with Gasteiger partial charge < -0.3 is 66.3 Å². The van der Waals surface area contributed by atoms with E-state index < -0.39 is 88.4 Å². The Morgan fingerprint density at radius 3 is 1.30 bits per heavy atom. The van der Waals surface area contributed by atoms with Gasteiger partial charge in [-0.3, -0.25) is 64.0 Å². The smallest absolute Gasteiger partial charge is 0.870 e. The first-order valence-electron chi connectivity index (χ1n) is 33.4. The molecule has 0 radical (unpaired) electrons. The standard InChI is InChI=1S/C21H14F6N6O2.C13H11F6N3.C10H9N3O3.C8H5N3O3.C5H4ClN3O.C5H6N4O.C5H3N3.C5H6O2.Li.2H2O/c1-11(14-3-2-12(20(22,23)24)6-15(14)21(25,26)27)33-10-13(8-30-33)31-19(34)18-7-16(32-35-18)17-9-28-4-5-29-17;1-7(22-6-9(20)5-21-22)10-3-2-8(12(14,15)16)4-11(10)13(17,18)19;1-2-15-10(14)9-5-7(13-16-9)8-6-11-3-4-12-8;12-8(13)7-3-5(11-14-7)6-4-9-1-2-10-6;2*6-5(9-10)4-3-7-1-2-8-4;6-3-5-4-7-1-2-8-5;1-3-5(6)7-4-2;;;/h2-11H,1H3,(H,31,34);2-7H,20H2,1H3;3-6H,2H2,1H3;1-4H,(H,12,13);1-3,10H;1-3,10H,(H2,6,9);1-2,4H;1H,4H2,2H3;;2*1H2/q;;;;;;;;+1;;/p-1/b;;;;9-5-;;;;;;. The van der Waals surface area contributed by atoms with E-state index in [2.05, 4.69) is 117 Å². The minimum absolute atomic E-state index is 0. The van der Waals surface area contributed by atoms with Crippen molar-refractivity contribution in [2.24, 2.45) is 16.0 Å². The van der Waals surface area contributed by atoms with Gasteiger partial charge in [-0.2, -0.15) is 68.1 Å². The number of aromatic carboxylic acids is 1. The Hall–Kier alpha value is -15.6. The van der Waals surface area contributed by atoms with Crippen molar-refractivity contribution in [1.29, 1.82) is 5.26 Å². The number of amidine groups is 1. The van der Waals surface area contributed by atoms with Gasteiger partial charge in [-0.25, -0.2) is 24.4 Å². The molecule has 11 N–H and O–H groups in total. The normalized spacial score (nSPS) is 11.3. The maximum absolute atomic E-state index is 13.5. The fraction of sp³-hybridized carbons (Fsp3) is 0.167. The topological polar surface area (TPSA) is 590 Å². The van der Waals surface area contributed by atoms with Crippen LogP contribution in [0, 0.1) is 23.7 Å². The van der Waals surface area contributed by atoms with E-state index in [4.69, 9.17) is 57.6 Å². The predicted octanol–water partition coefficient (Wildman–Crippen LogP) is 8.43. The molecule has 13 aromatic rings. The molecule has 39 nitrogen and oxygen atoms in total. The van der Waals surface area contributed by atoms with E-state index in [0.717, 1.165) is 21.5 Å². The van der Waals surface area contributed by atoms with Crippen molar-refractivity contribution in [1.82, 2.24) is 94.8 Å². The van der Waals surface area contributed by atoms with E-state index in [-0.39, 0.29) is 92.9 Å². The minimum Gasteiger partial charge on any atom is -0.870 e. The van der Waals surface area contributed by atoms with Crippen LogP contribution in [0.5, 0.6) is 0 Å². The fourth-order valence-corrected chi connectivity index (χ4v) is 8.90.